The highest BCUT2D eigenvalue weighted by Gasteiger charge is 2.46. The number of carbonyl (C=O) groups is 1. The first-order chi connectivity index (χ1) is 17.0. The normalized spacial score (nSPS) is 18.0. The Hall–Kier alpha value is -3.62. The summed E-state index contributed by atoms with van der Waals surface area (Å²) in [4.78, 5) is 26.0. The quantitative estimate of drug-likeness (QED) is 0.452. The van der Waals surface area contributed by atoms with E-state index in [1.54, 1.807) is 13.0 Å². The Bertz CT molecular complexity index is 1380. The van der Waals surface area contributed by atoms with Gasteiger partial charge in [0.15, 0.2) is 17.2 Å². The number of nitrogens with one attached hydrogen (secondary N) is 1. The number of rotatable bonds is 6. The minimum atomic E-state index is -3.13. The number of aromatic carboxylic acids is 1. The van der Waals surface area contributed by atoms with E-state index in [-0.39, 0.29) is 41.0 Å². The molecular formula is C24H23ClF2N6O3. The van der Waals surface area contributed by atoms with Crippen LogP contribution in [0.1, 0.15) is 46.7 Å². The van der Waals surface area contributed by atoms with E-state index in [1.165, 1.54) is 24.1 Å². The van der Waals surface area contributed by atoms with Crippen molar-refractivity contribution in [3.63, 3.8) is 0 Å². The molecule has 4 rings (SSSR count). The van der Waals surface area contributed by atoms with Gasteiger partial charge in [-0.1, -0.05) is 17.7 Å². The lowest BCUT2D eigenvalue weighted by Crippen LogP contribution is -2.52. The number of halogens is 3. The van der Waals surface area contributed by atoms with Gasteiger partial charge in [0.2, 0.25) is 0 Å². The second-order valence-corrected chi connectivity index (χ2v) is 9.01. The summed E-state index contributed by atoms with van der Waals surface area (Å²) >= 11 is 5.86. The molecular weight excluding hydrogens is 494 g/mol. The summed E-state index contributed by atoms with van der Waals surface area (Å²) in [5.41, 5.74) is 2.26. The van der Waals surface area contributed by atoms with Gasteiger partial charge in [0.05, 0.1) is 29.3 Å². The van der Waals surface area contributed by atoms with Crippen molar-refractivity contribution in [2.75, 3.05) is 30.4 Å². The molecule has 2 atom stereocenters. The van der Waals surface area contributed by atoms with E-state index >= 15 is 0 Å². The maximum Gasteiger partial charge on any atom is 0.356 e. The molecule has 1 aromatic carbocycles. The van der Waals surface area contributed by atoms with Crippen molar-refractivity contribution >= 4 is 40.1 Å². The molecule has 0 bridgehead atoms. The molecule has 9 nitrogen and oxygen atoms in total. The lowest BCUT2D eigenvalue weighted by Gasteiger charge is -2.38. The van der Waals surface area contributed by atoms with Gasteiger partial charge in [-0.15, -0.1) is 0 Å². The summed E-state index contributed by atoms with van der Waals surface area (Å²) in [6.07, 6.45) is -1.15. The van der Waals surface area contributed by atoms with Crippen molar-refractivity contribution in [2.24, 2.45) is 0 Å². The van der Waals surface area contributed by atoms with E-state index in [2.05, 4.69) is 20.3 Å². The molecule has 1 aliphatic heterocycles. The molecule has 0 amide bonds. The van der Waals surface area contributed by atoms with Crippen molar-refractivity contribution in [1.29, 1.82) is 5.26 Å². The van der Waals surface area contributed by atoms with Crippen LogP contribution < -0.4 is 10.2 Å². The molecule has 1 aliphatic rings. The van der Waals surface area contributed by atoms with E-state index in [9.17, 15) is 23.9 Å². The highest BCUT2D eigenvalue weighted by atomic mass is 35.5. The second-order valence-electron chi connectivity index (χ2n) is 8.63. The molecule has 1 unspecified atom stereocenters. The molecule has 1 fully saturated rings. The molecule has 0 aliphatic carbocycles. The fourth-order valence-electron chi connectivity index (χ4n) is 4.37. The van der Waals surface area contributed by atoms with E-state index in [0.717, 1.165) is 5.56 Å². The van der Waals surface area contributed by atoms with Gasteiger partial charge in [0, 0.05) is 19.2 Å². The van der Waals surface area contributed by atoms with Gasteiger partial charge in [-0.05, 0) is 44.0 Å². The van der Waals surface area contributed by atoms with Gasteiger partial charge in [-0.25, -0.2) is 28.5 Å². The number of fused-ring (bicyclic) bond motifs is 1. The highest BCUT2D eigenvalue weighted by Crippen LogP contribution is 2.35. The number of carboxylic acid groups (broad SMARTS) is 1. The van der Waals surface area contributed by atoms with Gasteiger partial charge in [-0.3, -0.25) is 0 Å². The number of hydrogen-bond donors (Lipinski definition) is 2. The van der Waals surface area contributed by atoms with Gasteiger partial charge < -0.3 is 20.1 Å². The van der Waals surface area contributed by atoms with Gasteiger partial charge in [-0.2, -0.15) is 5.26 Å². The minimum Gasteiger partial charge on any atom is -0.476 e. The monoisotopic (exact) mass is 516 g/mol. The smallest absolute Gasteiger partial charge is 0.356 e. The molecule has 188 valence electrons. The fraction of sp³-hybridized carbons (Fsp3) is 0.375. The minimum absolute atomic E-state index is 0.0418. The Morgan fingerprint density at radius 1 is 1.36 bits per heavy atom. The zero-order valence-corrected chi connectivity index (χ0v) is 20.5. The van der Waals surface area contributed by atoms with Crippen molar-refractivity contribution in [3.8, 4) is 6.07 Å². The van der Waals surface area contributed by atoms with Crippen LogP contribution >= 0.6 is 11.6 Å². The number of alkyl halides is 2. The first-order valence-electron chi connectivity index (χ1n) is 11.1. The number of nitriles is 1. The number of aryl methyl sites for hydroxylation is 1. The Kier molecular flexibility index (Phi) is 6.93. The Morgan fingerprint density at radius 3 is 2.75 bits per heavy atom. The maximum atomic E-state index is 14.6. The summed E-state index contributed by atoms with van der Waals surface area (Å²) in [5, 5.41) is 22.4. The molecule has 3 aromatic rings. The Morgan fingerprint density at radius 2 is 2.11 bits per heavy atom. The Labute approximate surface area is 210 Å². The van der Waals surface area contributed by atoms with Crippen LogP contribution in [-0.4, -0.2) is 58.3 Å². The number of hydrogen-bond acceptors (Lipinski definition) is 8. The summed E-state index contributed by atoms with van der Waals surface area (Å²) in [6, 6.07) is 8.08. The second kappa shape index (κ2) is 9.79. The topological polar surface area (TPSA) is 124 Å². The van der Waals surface area contributed by atoms with Gasteiger partial charge in [0.1, 0.15) is 17.3 Å². The van der Waals surface area contributed by atoms with Crippen molar-refractivity contribution < 1.29 is 23.4 Å². The number of anilines is 2. The number of methoxy groups -OCH3 is 1. The lowest BCUT2D eigenvalue weighted by molar-refractivity contribution is -0.129. The molecule has 0 radical (unpaired) electrons. The van der Waals surface area contributed by atoms with Crippen LogP contribution in [0.5, 0.6) is 0 Å². The van der Waals surface area contributed by atoms with Crippen LogP contribution in [-0.2, 0) is 4.74 Å². The molecule has 1 saturated heterocycles. The number of piperidine rings is 1. The Balaban J connectivity index is 1.78. The molecule has 2 N–H and O–H groups in total. The average molecular weight is 517 g/mol. The summed E-state index contributed by atoms with van der Waals surface area (Å²) in [7, 11) is 1.25. The number of ether oxygens (including phenoxy) is 1. The molecule has 36 heavy (non-hydrogen) atoms. The predicted octanol–water partition coefficient (Wildman–Crippen LogP) is 4.59. The standard InChI is InChI=1S/C24H23ClF2N6O3/c1-12-8-14(13(2)29-15-4-5-19(25)31-21(15)23(34)35)20-16(9-12)30-17(10-28)22(32-20)33-7-6-18(36-3)24(26,27)11-33/h4-5,8-9,13,18,29H,6-7,11H2,1-3H3,(H,34,35)/t13-,18?/m1/s1. The average Bonchev–Trinajstić information content (AvgIpc) is 2.82. The number of carboxylic acids is 1. The first-order valence-corrected chi connectivity index (χ1v) is 11.5. The van der Waals surface area contributed by atoms with Crippen LogP contribution in [0.4, 0.5) is 20.3 Å². The van der Waals surface area contributed by atoms with Crippen molar-refractivity contribution in [2.45, 2.75) is 38.3 Å². The third-order valence-electron chi connectivity index (χ3n) is 6.05. The van der Waals surface area contributed by atoms with E-state index < -0.39 is 30.6 Å². The maximum absolute atomic E-state index is 14.6. The lowest BCUT2D eigenvalue weighted by atomic mass is 10.0. The zero-order valence-electron chi connectivity index (χ0n) is 19.7. The van der Waals surface area contributed by atoms with Crippen molar-refractivity contribution in [3.05, 3.63) is 51.9 Å². The van der Waals surface area contributed by atoms with Crippen LogP contribution in [0.2, 0.25) is 5.15 Å². The number of pyridine rings is 1. The van der Waals surface area contributed by atoms with E-state index in [0.29, 0.717) is 16.6 Å². The summed E-state index contributed by atoms with van der Waals surface area (Å²) in [5.74, 6) is -4.31. The third-order valence-corrected chi connectivity index (χ3v) is 6.26. The van der Waals surface area contributed by atoms with E-state index in [1.807, 2.05) is 19.1 Å². The molecule has 0 saturated carbocycles. The van der Waals surface area contributed by atoms with Crippen LogP contribution in [0.15, 0.2) is 24.3 Å². The van der Waals surface area contributed by atoms with Crippen LogP contribution in [0.3, 0.4) is 0 Å². The third kappa shape index (κ3) is 4.87. The van der Waals surface area contributed by atoms with Gasteiger partial charge >= 0.3 is 5.97 Å². The summed E-state index contributed by atoms with van der Waals surface area (Å²) < 4.78 is 34.2. The number of nitrogens with zero attached hydrogens (tertiary/aromatic N) is 5. The SMILES string of the molecule is COC1CCN(c2nc3c([C@@H](C)Nc4ccc(Cl)nc4C(=O)O)cc(C)cc3nc2C#N)CC1(F)F. The molecule has 3 heterocycles. The number of benzene rings is 1. The van der Waals surface area contributed by atoms with Crippen molar-refractivity contribution in [1.82, 2.24) is 15.0 Å². The molecule has 0 spiro atoms. The zero-order chi connectivity index (χ0) is 26.2. The predicted molar refractivity (Wildman–Crippen MR) is 130 cm³/mol. The molecule has 2 aromatic heterocycles. The van der Waals surface area contributed by atoms with E-state index in [4.69, 9.17) is 16.3 Å². The fourth-order valence-corrected chi connectivity index (χ4v) is 4.51. The summed E-state index contributed by atoms with van der Waals surface area (Å²) in [6.45, 7) is 3.20. The van der Waals surface area contributed by atoms with Crippen LogP contribution in [0, 0.1) is 18.3 Å². The largest absolute Gasteiger partial charge is 0.476 e. The van der Waals surface area contributed by atoms with Crippen LogP contribution in [0.25, 0.3) is 11.0 Å². The highest BCUT2D eigenvalue weighted by molar-refractivity contribution is 6.29. The number of aromatic nitrogens is 3. The van der Waals surface area contributed by atoms with Gasteiger partial charge in [0.25, 0.3) is 5.92 Å². The first kappa shape index (κ1) is 25.5. The molecule has 12 heteroatoms.